The molecule has 1 saturated carbocycles. The third-order valence-corrected chi connectivity index (χ3v) is 8.44. The van der Waals surface area contributed by atoms with Gasteiger partial charge in [0.15, 0.2) is 5.96 Å². The summed E-state index contributed by atoms with van der Waals surface area (Å²) in [7, 11) is 1.68. The van der Waals surface area contributed by atoms with Gasteiger partial charge in [-0.25, -0.2) is 4.99 Å². The molecule has 1 amide bonds. The minimum atomic E-state index is -0.863. The molecule has 1 aliphatic carbocycles. The van der Waals surface area contributed by atoms with Crippen molar-refractivity contribution in [2.45, 2.75) is 37.1 Å². The predicted octanol–water partition coefficient (Wildman–Crippen LogP) is 4.98. The Bertz CT molecular complexity index is 1540. The van der Waals surface area contributed by atoms with E-state index in [0.717, 1.165) is 31.4 Å². The highest BCUT2D eigenvalue weighted by atomic mass is 32.1. The standard InChI is InChI=1S/C27H23N5OS/c1-27(23-12-20-19-11-15(13-28)3-10-21(19)30-14-22(20)34-23)24(25(33)32(2)26(29)31-27)18-8-6-17(7-9-18)16-4-5-16/h3,6-12,14,16,24H,4-5H2,1-2H3,(H2,29,31)/t24-,27+/m0/s1. The molecular weight excluding hydrogens is 442 g/mol. The molecule has 34 heavy (non-hydrogen) atoms. The molecule has 0 unspecified atom stereocenters. The Balaban J connectivity index is 1.54. The molecule has 1 fully saturated rings. The Morgan fingerprint density at radius 1 is 1.12 bits per heavy atom. The highest BCUT2D eigenvalue weighted by molar-refractivity contribution is 7.19. The second-order valence-electron chi connectivity index (χ2n) is 9.38. The average Bonchev–Trinajstić information content (AvgIpc) is 3.60. The monoisotopic (exact) mass is 465 g/mol. The molecule has 7 heteroatoms. The van der Waals surface area contributed by atoms with Crippen LogP contribution in [0, 0.1) is 11.3 Å². The summed E-state index contributed by atoms with van der Waals surface area (Å²) in [4.78, 5) is 25.5. The molecule has 2 aromatic carbocycles. The summed E-state index contributed by atoms with van der Waals surface area (Å²) >= 11 is 1.57. The highest BCUT2D eigenvalue weighted by Crippen LogP contribution is 2.48. The smallest absolute Gasteiger partial charge is 0.239 e. The first-order valence-corrected chi connectivity index (χ1v) is 12.2. The van der Waals surface area contributed by atoms with Crippen LogP contribution < -0.4 is 5.73 Å². The van der Waals surface area contributed by atoms with E-state index in [4.69, 9.17) is 10.7 Å². The number of carbonyl (C=O) groups is 1. The number of likely N-dealkylation sites (N-methyl/N-ethyl adjacent to an activating group) is 1. The largest absolute Gasteiger partial charge is 0.369 e. The van der Waals surface area contributed by atoms with Crippen LogP contribution in [0.3, 0.4) is 0 Å². The molecular formula is C27H23N5OS. The highest BCUT2D eigenvalue weighted by Gasteiger charge is 2.48. The first-order chi connectivity index (χ1) is 16.4. The lowest BCUT2D eigenvalue weighted by atomic mass is 9.77. The van der Waals surface area contributed by atoms with E-state index in [-0.39, 0.29) is 11.9 Å². The predicted molar refractivity (Wildman–Crippen MR) is 135 cm³/mol. The lowest BCUT2D eigenvalue weighted by Crippen LogP contribution is -2.52. The van der Waals surface area contributed by atoms with Gasteiger partial charge in [-0.05, 0) is 61.1 Å². The number of aromatic nitrogens is 1. The number of hydrogen-bond acceptors (Lipinski definition) is 6. The summed E-state index contributed by atoms with van der Waals surface area (Å²) in [5.41, 5.74) is 9.05. The molecule has 2 N–H and O–H groups in total. The van der Waals surface area contributed by atoms with Gasteiger partial charge in [-0.1, -0.05) is 24.3 Å². The normalized spacial score (nSPS) is 22.7. The summed E-state index contributed by atoms with van der Waals surface area (Å²) in [5.74, 6) is 0.299. The molecule has 2 aromatic heterocycles. The lowest BCUT2D eigenvalue weighted by molar-refractivity contribution is -0.130. The summed E-state index contributed by atoms with van der Waals surface area (Å²) in [5, 5.41) is 11.3. The number of aliphatic imine (C=N–C) groups is 1. The molecule has 0 spiro atoms. The van der Waals surface area contributed by atoms with Crippen LogP contribution in [0.2, 0.25) is 0 Å². The van der Waals surface area contributed by atoms with Crippen molar-refractivity contribution in [1.29, 1.82) is 5.26 Å². The molecule has 6 rings (SSSR count). The molecule has 1 aliphatic heterocycles. The molecule has 2 aliphatic rings. The fraction of sp³-hybridized carbons (Fsp3) is 0.259. The van der Waals surface area contributed by atoms with E-state index in [1.165, 1.54) is 23.3 Å². The van der Waals surface area contributed by atoms with E-state index in [9.17, 15) is 10.1 Å². The van der Waals surface area contributed by atoms with E-state index in [0.29, 0.717) is 11.5 Å². The van der Waals surface area contributed by atoms with Crippen molar-refractivity contribution in [3.63, 3.8) is 0 Å². The first kappa shape index (κ1) is 20.8. The average molecular weight is 466 g/mol. The number of benzene rings is 2. The van der Waals surface area contributed by atoms with Gasteiger partial charge in [0.05, 0.1) is 27.8 Å². The number of nitrogens with zero attached hydrogens (tertiary/aromatic N) is 4. The van der Waals surface area contributed by atoms with Gasteiger partial charge < -0.3 is 5.73 Å². The number of amides is 1. The van der Waals surface area contributed by atoms with Crippen molar-refractivity contribution < 1.29 is 4.79 Å². The van der Waals surface area contributed by atoms with Gasteiger partial charge in [0, 0.05) is 28.9 Å². The number of rotatable bonds is 3. The molecule has 0 saturated heterocycles. The molecule has 2 atom stereocenters. The van der Waals surface area contributed by atoms with Gasteiger partial charge in [-0.3, -0.25) is 14.7 Å². The number of nitrogens with two attached hydrogens (primary N) is 1. The van der Waals surface area contributed by atoms with Crippen molar-refractivity contribution in [3.8, 4) is 6.07 Å². The molecule has 3 heterocycles. The van der Waals surface area contributed by atoms with E-state index in [1.54, 1.807) is 24.5 Å². The fourth-order valence-corrected chi connectivity index (χ4v) is 6.16. The van der Waals surface area contributed by atoms with Crippen molar-refractivity contribution in [2.75, 3.05) is 7.05 Å². The van der Waals surface area contributed by atoms with Gasteiger partial charge in [0.25, 0.3) is 0 Å². The quantitative estimate of drug-likeness (QED) is 0.461. The van der Waals surface area contributed by atoms with Gasteiger partial charge in [-0.2, -0.15) is 5.26 Å². The van der Waals surface area contributed by atoms with Gasteiger partial charge >= 0.3 is 0 Å². The second-order valence-corrected chi connectivity index (χ2v) is 10.5. The summed E-state index contributed by atoms with van der Waals surface area (Å²) in [6.45, 7) is 1.99. The summed E-state index contributed by atoms with van der Waals surface area (Å²) < 4.78 is 0.988. The zero-order valence-electron chi connectivity index (χ0n) is 18.9. The van der Waals surface area contributed by atoms with Gasteiger partial charge in [0.2, 0.25) is 5.91 Å². The Hall–Kier alpha value is -3.76. The zero-order valence-corrected chi connectivity index (χ0v) is 19.8. The van der Waals surface area contributed by atoms with Crippen molar-refractivity contribution >= 4 is 44.2 Å². The van der Waals surface area contributed by atoms with Crippen LogP contribution >= 0.6 is 11.3 Å². The third-order valence-electron chi connectivity index (χ3n) is 7.15. The molecule has 4 aromatic rings. The molecule has 6 nitrogen and oxygen atoms in total. The van der Waals surface area contributed by atoms with Crippen LogP contribution in [0.15, 0.2) is 59.7 Å². The molecule has 0 radical (unpaired) electrons. The van der Waals surface area contributed by atoms with Crippen molar-refractivity contribution in [2.24, 2.45) is 10.7 Å². The Morgan fingerprint density at radius 3 is 2.56 bits per heavy atom. The number of nitriles is 1. The van der Waals surface area contributed by atoms with E-state index in [1.807, 2.05) is 25.3 Å². The van der Waals surface area contributed by atoms with Crippen LogP contribution in [0.25, 0.3) is 21.0 Å². The minimum absolute atomic E-state index is 0.0682. The first-order valence-electron chi connectivity index (χ1n) is 11.3. The molecule has 168 valence electrons. The number of pyridine rings is 1. The Kier molecular flexibility index (Phi) is 4.51. The topological polar surface area (TPSA) is 95.4 Å². The third kappa shape index (κ3) is 3.10. The second kappa shape index (κ2) is 7.37. The van der Waals surface area contributed by atoms with Gasteiger partial charge in [-0.15, -0.1) is 11.3 Å². The number of carbonyl (C=O) groups excluding carboxylic acids is 1. The maximum Gasteiger partial charge on any atom is 0.239 e. The van der Waals surface area contributed by atoms with Crippen molar-refractivity contribution in [3.05, 3.63) is 76.3 Å². The van der Waals surface area contributed by atoms with Gasteiger partial charge in [0.1, 0.15) is 5.54 Å². The SMILES string of the molecule is CN1C(=O)[C@H](c2ccc(C3CC3)cc2)[C@@](C)(c2cc3c(cnc4ccc(C#N)cc43)s2)N=C1N. The van der Waals surface area contributed by atoms with Crippen LogP contribution in [-0.2, 0) is 10.3 Å². The lowest BCUT2D eigenvalue weighted by Gasteiger charge is -2.40. The zero-order chi connectivity index (χ0) is 23.6. The summed E-state index contributed by atoms with van der Waals surface area (Å²) in [6.07, 6.45) is 4.32. The minimum Gasteiger partial charge on any atom is -0.369 e. The van der Waals surface area contributed by atoms with Crippen LogP contribution in [-0.4, -0.2) is 28.8 Å². The number of thiophene rings is 1. The van der Waals surface area contributed by atoms with Crippen LogP contribution in [0.1, 0.15) is 53.2 Å². The summed E-state index contributed by atoms with van der Waals surface area (Å²) in [6, 6.07) is 18.3. The fourth-order valence-electron chi connectivity index (χ4n) is 4.99. The van der Waals surface area contributed by atoms with Crippen LogP contribution in [0.4, 0.5) is 0 Å². The number of hydrogen-bond donors (Lipinski definition) is 1. The van der Waals surface area contributed by atoms with Crippen LogP contribution in [0.5, 0.6) is 0 Å². The maximum atomic E-state index is 13.6. The van der Waals surface area contributed by atoms with Crippen molar-refractivity contribution in [1.82, 2.24) is 9.88 Å². The number of guanidine groups is 1. The Labute approximate surface area is 201 Å². The van der Waals surface area contributed by atoms with E-state index >= 15 is 0 Å². The Morgan fingerprint density at radius 2 is 1.85 bits per heavy atom. The van der Waals surface area contributed by atoms with E-state index < -0.39 is 11.5 Å². The van der Waals surface area contributed by atoms with E-state index in [2.05, 4.69) is 41.4 Å². The number of fused-ring (bicyclic) bond motifs is 3. The molecule has 0 bridgehead atoms. The maximum absolute atomic E-state index is 13.6.